The molecular weight excluding hydrogens is 961 g/mol. The van der Waals surface area contributed by atoms with Crippen molar-refractivity contribution >= 4 is 35.8 Å². The molecule has 0 aromatic carbocycles. The Bertz CT molecular complexity index is 1330. The van der Waals surface area contributed by atoms with Gasteiger partial charge >= 0.3 is 35.8 Å². The highest BCUT2D eigenvalue weighted by atomic mass is 16.6. The summed E-state index contributed by atoms with van der Waals surface area (Å²) in [7, 11) is 4.53. The molecule has 0 fully saturated rings. The number of hydrogen-bond donors (Lipinski definition) is 0. The minimum Gasteiger partial charge on any atom is -0.463 e. The molecule has 0 aromatic heterocycles. The van der Waals surface area contributed by atoms with Crippen LogP contribution < -0.4 is 0 Å². The Hall–Kier alpha value is -3.42. The summed E-state index contributed by atoms with van der Waals surface area (Å²) in [5, 5.41) is 0. The van der Waals surface area contributed by atoms with Crippen molar-refractivity contribution in [1.29, 1.82) is 0 Å². The van der Waals surface area contributed by atoms with Gasteiger partial charge in [-0.1, -0.05) is 155 Å². The summed E-state index contributed by atoms with van der Waals surface area (Å²) in [6.45, 7) is 4.90. The van der Waals surface area contributed by atoms with E-state index in [-0.39, 0.29) is 91.9 Å². The summed E-state index contributed by atoms with van der Waals surface area (Å²) in [6, 6.07) is 0. The summed E-state index contributed by atoms with van der Waals surface area (Å²) in [5.41, 5.74) is -2.55. The van der Waals surface area contributed by atoms with Gasteiger partial charge in [-0.3, -0.25) is 24.0 Å². The molecule has 0 bridgehead atoms. The SMILES string of the molecule is CCCCCCCCCCCCCCC(=O)OCC(CCC(=O)OC(CC(=O)OCCOCCOC)(CC(=O)OCCOCCOC)C(=O)OCCOCCOC)OC(=O)CCCCCCCCCCCCCC. The van der Waals surface area contributed by atoms with Crippen LogP contribution >= 0.6 is 0 Å². The van der Waals surface area contributed by atoms with Crippen LogP contribution in [0.25, 0.3) is 0 Å². The minimum atomic E-state index is -2.55. The second kappa shape index (κ2) is 53.0. The normalized spacial score (nSPS) is 11.8. The number of carbonyl (C=O) groups excluding carboxylic acids is 6. The molecule has 0 heterocycles. The topological polar surface area (TPSA) is 213 Å². The van der Waals surface area contributed by atoms with Crippen LogP contribution in [0.15, 0.2) is 0 Å². The van der Waals surface area contributed by atoms with Crippen molar-refractivity contribution in [3.05, 3.63) is 0 Å². The van der Waals surface area contributed by atoms with Gasteiger partial charge in [0, 0.05) is 40.6 Å². The molecule has 1 unspecified atom stereocenters. The highest BCUT2D eigenvalue weighted by Crippen LogP contribution is 2.27. The molecule has 0 saturated carbocycles. The van der Waals surface area contributed by atoms with Crippen molar-refractivity contribution in [2.45, 2.75) is 218 Å². The fourth-order valence-electron chi connectivity index (χ4n) is 7.82. The van der Waals surface area contributed by atoms with Gasteiger partial charge in [0.05, 0.1) is 72.3 Å². The average molecular weight is 1060 g/mol. The van der Waals surface area contributed by atoms with E-state index in [1.807, 2.05) is 0 Å². The second-order valence-electron chi connectivity index (χ2n) is 18.8. The average Bonchev–Trinajstić information content (AvgIpc) is 3.38. The Morgan fingerprint density at radius 2 is 0.703 bits per heavy atom. The van der Waals surface area contributed by atoms with Crippen LogP contribution in [0.1, 0.15) is 206 Å². The zero-order valence-electron chi connectivity index (χ0n) is 46.8. The van der Waals surface area contributed by atoms with E-state index in [1.165, 1.54) is 124 Å². The first-order chi connectivity index (χ1) is 36.1. The fourth-order valence-corrected chi connectivity index (χ4v) is 7.82. The third kappa shape index (κ3) is 44.8. The molecule has 0 saturated heterocycles. The van der Waals surface area contributed by atoms with Crippen LogP contribution in [-0.2, 0) is 85.6 Å². The lowest BCUT2D eigenvalue weighted by Gasteiger charge is -2.30. The first-order valence-electron chi connectivity index (χ1n) is 28.3. The monoisotopic (exact) mass is 1060 g/mol. The van der Waals surface area contributed by atoms with Gasteiger partial charge < -0.3 is 56.8 Å². The number of ether oxygens (including phenoxy) is 12. The Kier molecular flexibility index (Phi) is 50.5. The van der Waals surface area contributed by atoms with Gasteiger partial charge in [0.15, 0.2) is 0 Å². The Labute approximate surface area is 445 Å². The van der Waals surface area contributed by atoms with Crippen molar-refractivity contribution in [2.24, 2.45) is 0 Å². The van der Waals surface area contributed by atoms with E-state index in [4.69, 9.17) is 56.8 Å². The molecule has 0 radical (unpaired) electrons. The maximum atomic E-state index is 14.0. The summed E-state index contributed by atoms with van der Waals surface area (Å²) >= 11 is 0. The number of methoxy groups -OCH3 is 3. The van der Waals surface area contributed by atoms with Gasteiger partial charge in [-0.15, -0.1) is 0 Å². The van der Waals surface area contributed by atoms with Crippen LogP contribution in [-0.4, -0.2) is 155 Å². The lowest BCUT2D eigenvalue weighted by atomic mass is 9.94. The van der Waals surface area contributed by atoms with Crippen molar-refractivity contribution in [3.8, 4) is 0 Å². The number of esters is 6. The van der Waals surface area contributed by atoms with Gasteiger partial charge in [-0.05, 0) is 19.3 Å². The molecular formula is C56H102O18. The first kappa shape index (κ1) is 70.6. The van der Waals surface area contributed by atoms with Gasteiger partial charge in [0.25, 0.3) is 0 Å². The van der Waals surface area contributed by atoms with E-state index < -0.39 is 66.8 Å². The lowest BCUT2D eigenvalue weighted by molar-refractivity contribution is -0.193. The first-order valence-corrected chi connectivity index (χ1v) is 28.3. The minimum absolute atomic E-state index is 0.000388. The Morgan fingerprint density at radius 1 is 0.351 bits per heavy atom. The van der Waals surface area contributed by atoms with Gasteiger partial charge in [0.1, 0.15) is 32.5 Å². The number of unbranched alkanes of at least 4 members (excludes halogenated alkanes) is 22. The van der Waals surface area contributed by atoms with Crippen molar-refractivity contribution in [1.82, 2.24) is 0 Å². The summed E-state index contributed by atoms with van der Waals surface area (Å²) in [5.74, 6) is -5.20. The van der Waals surface area contributed by atoms with E-state index >= 15 is 0 Å². The molecule has 0 aromatic rings. The summed E-state index contributed by atoms with van der Waals surface area (Å²) < 4.78 is 64.3. The number of carbonyl (C=O) groups is 6. The molecule has 0 amide bonds. The molecule has 74 heavy (non-hydrogen) atoms. The summed E-state index contributed by atoms with van der Waals surface area (Å²) in [4.78, 5) is 80.7. The fraction of sp³-hybridized carbons (Fsp3) is 0.893. The van der Waals surface area contributed by atoms with Gasteiger partial charge in [0.2, 0.25) is 5.60 Å². The zero-order chi connectivity index (χ0) is 54.4. The van der Waals surface area contributed by atoms with Crippen LogP contribution in [0.5, 0.6) is 0 Å². The molecule has 434 valence electrons. The van der Waals surface area contributed by atoms with E-state index in [9.17, 15) is 28.8 Å². The second-order valence-corrected chi connectivity index (χ2v) is 18.8. The Balaban J connectivity index is 5.97. The molecule has 0 rings (SSSR count). The van der Waals surface area contributed by atoms with Gasteiger partial charge in [-0.25, -0.2) is 4.79 Å². The standard InChI is InChI=1S/C56H102O18/c1-6-8-10-12-14-16-18-20-22-24-26-28-30-50(57)72-48-49(73-51(58)31-29-27-25-23-21-19-17-15-13-11-9-7-2)32-33-52(59)74-56(55(62)71-45-42-68-39-36-65-5,46-53(60)69-43-40-66-37-34-63-3)47-54(61)70-44-41-67-38-35-64-4/h49H,6-48H2,1-5H3. The predicted octanol–water partition coefficient (Wildman–Crippen LogP) is 10.1. The van der Waals surface area contributed by atoms with E-state index in [0.717, 1.165) is 38.5 Å². The molecule has 0 aliphatic rings. The molecule has 0 spiro atoms. The molecule has 0 N–H and O–H groups in total. The van der Waals surface area contributed by atoms with E-state index in [2.05, 4.69) is 13.8 Å². The van der Waals surface area contributed by atoms with E-state index in [1.54, 1.807) is 0 Å². The van der Waals surface area contributed by atoms with Crippen LogP contribution in [0, 0.1) is 0 Å². The maximum Gasteiger partial charge on any atom is 0.351 e. The zero-order valence-corrected chi connectivity index (χ0v) is 46.8. The third-order valence-electron chi connectivity index (χ3n) is 12.1. The molecule has 0 aliphatic carbocycles. The largest absolute Gasteiger partial charge is 0.463 e. The molecule has 1 atom stereocenters. The van der Waals surface area contributed by atoms with Crippen LogP contribution in [0.4, 0.5) is 0 Å². The number of hydrogen-bond acceptors (Lipinski definition) is 18. The van der Waals surface area contributed by atoms with Crippen LogP contribution in [0.3, 0.4) is 0 Å². The smallest absolute Gasteiger partial charge is 0.351 e. The lowest BCUT2D eigenvalue weighted by Crippen LogP contribution is -2.49. The third-order valence-corrected chi connectivity index (χ3v) is 12.1. The van der Waals surface area contributed by atoms with Crippen molar-refractivity contribution in [3.63, 3.8) is 0 Å². The number of rotatable bonds is 56. The highest BCUT2D eigenvalue weighted by Gasteiger charge is 2.49. The van der Waals surface area contributed by atoms with Crippen molar-refractivity contribution < 1.29 is 85.6 Å². The highest BCUT2D eigenvalue weighted by molar-refractivity contribution is 5.92. The molecule has 18 nitrogen and oxygen atoms in total. The maximum absolute atomic E-state index is 14.0. The van der Waals surface area contributed by atoms with Crippen LogP contribution in [0.2, 0.25) is 0 Å². The molecule has 0 aliphatic heterocycles. The van der Waals surface area contributed by atoms with E-state index in [0.29, 0.717) is 26.1 Å². The molecule has 18 heteroatoms. The van der Waals surface area contributed by atoms with Gasteiger partial charge in [-0.2, -0.15) is 0 Å². The Morgan fingerprint density at radius 3 is 1.09 bits per heavy atom. The van der Waals surface area contributed by atoms with Crippen molar-refractivity contribution in [2.75, 3.05) is 107 Å². The summed E-state index contributed by atoms with van der Waals surface area (Å²) in [6.07, 6.45) is 24.3. The quantitative estimate of drug-likeness (QED) is 0.0315. The predicted molar refractivity (Wildman–Crippen MR) is 280 cm³/mol.